The van der Waals surface area contributed by atoms with Gasteiger partial charge in [0.05, 0.1) is 0 Å². The zero-order chi connectivity index (χ0) is 5.58. The molecule has 0 N–H and O–H groups in total. The molecule has 35 valence electrons. The van der Waals surface area contributed by atoms with Crippen LogP contribution in [-0.2, 0) is 51.6 Å². The second-order valence-corrected chi connectivity index (χ2v) is 2.87. The summed E-state index contributed by atoms with van der Waals surface area (Å²) >= 11 is 1.39. The van der Waals surface area contributed by atoms with Gasteiger partial charge in [-0.15, -0.1) is 0 Å². The van der Waals surface area contributed by atoms with E-state index in [0.717, 1.165) is 19.3 Å². The fourth-order valence-corrected chi connectivity index (χ4v) is 0. The summed E-state index contributed by atoms with van der Waals surface area (Å²) in [6.45, 7) is 0. The summed E-state index contributed by atoms with van der Waals surface area (Å²) in [5, 5.41) is 0. The maximum atomic E-state index is 9.04. The molecule has 6 heteroatoms. The molecule has 0 aliphatic heterocycles. The van der Waals surface area contributed by atoms with Gasteiger partial charge in [0.1, 0.15) is 0 Å². The third-order valence-corrected chi connectivity index (χ3v) is 0. The molecule has 0 aromatic rings. The standard InChI is InChI=1S/Mo.O2P.O.W/c;1-3-2;;. The fourth-order valence-electron chi connectivity index (χ4n) is 0. The second-order valence-electron chi connectivity index (χ2n) is 0.224. The summed E-state index contributed by atoms with van der Waals surface area (Å²) in [4.78, 5) is 0. The first-order valence-electron chi connectivity index (χ1n) is 0.714. The average molecular weight is 359 g/mol. The topological polar surface area (TPSA) is 51.2 Å². The molecule has 0 fully saturated rings. The van der Waals surface area contributed by atoms with Crippen LogP contribution in [0.1, 0.15) is 0 Å². The van der Waals surface area contributed by atoms with E-state index in [1.165, 1.54) is 0 Å². The Hall–Kier alpha value is 1.08. The van der Waals surface area contributed by atoms with Gasteiger partial charge in [0.15, 0.2) is 0 Å². The van der Waals surface area contributed by atoms with E-state index in [9.17, 15) is 0 Å². The Morgan fingerprint density at radius 1 is 1.33 bits per heavy atom. The monoisotopic (exact) mass is 361 g/mol. The first-order valence-corrected chi connectivity index (χ1v) is 5.70. The fraction of sp³-hybridized carbons (Fsp3) is 0. The van der Waals surface area contributed by atoms with Crippen LogP contribution in [0.15, 0.2) is 0 Å². The molecule has 0 atom stereocenters. The van der Waals surface area contributed by atoms with E-state index in [2.05, 4.69) is 0 Å². The summed E-state index contributed by atoms with van der Waals surface area (Å²) in [6.07, 6.45) is 0. The van der Waals surface area contributed by atoms with Gasteiger partial charge in [0, 0.05) is 0 Å². The molecule has 0 aliphatic rings. The van der Waals surface area contributed by atoms with E-state index in [1.807, 2.05) is 0 Å². The van der Waals surface area contributed by atoms with Crippen molar-refractivity contribution in [2.75, 3.05) is 0 Å². The molecular formula is MoO3PW. The van der Waals surface area contributed by atoms with Crippen LogP contribution in [0.3, 0.4) is 0 Å². The van der Waals surface area contributed by atoms with Gasteiger partial charge in [-0.2, -0.15) is 0 Å². The van der Waals surface area contributed by atoms with E-state index < -0.39 is 5.77 Å². The van der Waals surface area contributed by atoms with Crippen LogP contribution in [0.2, 0.25) is 0 Å². The van der Waals surface area contributed by atoms with E-state index in [0.29, 0.717) is 19.8 Å². The molecule has 0 saturated carbocycles. The van der Waals surface area contributed by atoms with Crippen LogP contribution >= 0.6 is 5.77 Å². The molecule has 6 heavy (non-hydrogen) atoms. The molecule has 0 unspecified atom stereocenters. The van der Waals surface area contributed by atoms with Crippen molar-refractivity contribution in [2.45, 2.75) is 0 Å². The van der Waals surface area contributed by atoms with E-state index in [-0.39, 0.29) is 0 Å². The van der Waals surface area contributed by atoms with Crippen molar-refractivity contribution in [3.8, 4) is 0 Å². The molecule has 0 radical (unpaired) electrons. The van der Waals surface area contributed by atoms with Crippen molar-refractivity contribution in [3.63, 3.8) is 0 Å². The molecular weight excluding hydrogens is 359 g/mol. The van der Waals surface area contributed by atoms with Crippen LogP contribution in [0.4, 0.5) is 0 Å². The van der Waals surface area contributed by atoms with Gasteiger partial charge < -0.3 is 0 Å². The van der Waals surface area contributed by atoms with E-state index >= 15 is 0 Å². The predicted octanol–water partition coefficient (Wildman–Crippen LogP) is 0.500. The first-order chi connectivity index (χ1) is 2.73. The van der Waals surface area contributed by atoms with Gasteiger partial charge in [-0.1, -0.05) is 0 Å². The Balaban J connectivity index is 0. The predicted molar refractivity (Wildman–Crippen MR) is 8.98 cm³/mol. The zero-order valence-electron chi connectivity index (χ0n) is 2.49. The molecule has 0 saturated heterocycles. The van der Waals surface area contributed by atoms with Gasteiger partial charge in [-0.25, -0.2) is 0 Å². The van der Waals surface area contributed by atoms with Gasteiger partial charge in [-0.3, -0.25) is 0 Å². The minimum atomic E-state index is -2.11. The second kappa shape index (κ2) is 9.42. The summed E-state index contributed by atoms with van der Waals surface area (Å²) in [5.41, 5.74) is 0. The van der Waals surface area contributed by atoms with Crippen LogP contribution < -0.4 is 0 Å². The molecule has 0 aliphatic carbocycles. The van der Waals surface area contributed by atoms with Crippen molar-refractivity contribution >= 4 is 5.77 Å². The number of rotatable bonds is 0. The Bertz CT molecular complexity index is 68.9. The molecule has 0 aromatic heterocycles. The van der Waals surface area contributed by atoms with Crippen molar-refractivity contribution < 1.29 is 51.6 Å². The molecule has 0 rings (SSSR count). The van der Waals surface area contributed by atoms with Gasteiger partial charge in [0.25, 0.3) is 0 Å². The van der Waals surface area contributed by atoms with Gasteiger partial charge in [0.2, 0.25) is 0 Å². The van der Waals surface area contributed by atoms with E-state index in [1.54, 1.807) is 0 Å². The quantitative estimate of drug-likeness (QED) is 0.468. The summed E-state index contributed by atoms with van der Waals surface area (Å²) < 4.78 is 26.4. The third-order valence-electron chi connectivity index (χ3n) is 0. The van der Waals surface area contributed by atoms with Crippen molar-refractivity contribution in [1.29, 1.82) is 0 Å². The molecule has 0 aromatic carbocycles. The van der Waals surface area contributed by atoms with Crippen LogP contribution in [0.5, 0.6) is 0 Å². The summed E-state index contributed by atoms with van der Waals surface area (Å²) in [5.74, 6) is -2.11. The van der Waals surface area contributed by atoms with Crippen molar-refractivity contribution in [3.05, 3.63) is 0 Å². The van der Waals surface area contributed by atoms with Crippen molar-refractivity contribution in [1.82, 2.24) is 0 Å². The van der Waals surface area contributed by atoms with Crippen LogP contribution in [0, 0.1) is 0 Å². The van der Waals surface area contributed by atoms with Crippen LogP contribution in [-0.4, -0.2) is 0 Å². The Morgan fingerprint density at radius 2 is 1.33 bits per heavy atom. The summed E-state index contributed by atoms with van der Waals surface area (Å²) in [6, 6.07) is 0. The molecule has 0 bridgehead atoms. The summed E-state index contributed by atoms with van der Waals surface area (Å²) in [7, 11) is 0. The maximum absolute atomic E-state index is 9.04. The molecule has 3 nitrogen and oxygen atoms in total. The Labute approximate surface area is 57.3 Å². The minimum absolute atomic E-state index is 0.333. The Morgan fingerprint density at radius 3 is 1.33 bits per heavy atom. The first kappa shape index (κ1) is 10.1. The number of hydrogen-bond donors (Lipinski definition) is 0. The zero-order valence-corrected chi connectivity index (χ0v) is 8.32. The molecule has 0 heterocycles. The van der Waals surface area contributed by atoms with Gasteiger partial charge >= 0.3 is 57.4 Å². The van der Waals surface area contributed by atoms with E-state index in [4.69, 9.17) is 12.5 Å². The number of hydrogen-bond acceptors (Lipinski definition) is 3. The Kier molecular flexibility index (Phi) is 15.9. The normalized spacial score (nSPS) is 4.67. The van der Waals surface area contributed by atoms with Gasteiger partial charge in [-0.05, 0) is 0 Å². The third kappa shape index (κ3) is 72.8. The SMILES string of the molecule is O=[P](=O)[Mo].[O]=[W]. The van der Waals surface area contributed by atoms with Crippen LogP contribution in [0.25, 0.3) is 0 Å². The molecule has 0 spiro atoms. The molecule has 0 amide bonds. The average Bonchev–Trinajstić information content (AvgIpc) is 1.41. The van der Waals surface area contributed by atoms with Crippen molar-refractivity contribution in [2.24, 2.45) is 0 Å².